The second-order valence-corrected chi connectivity index (χ2v) is 5.02. The molecular formula is C11H19NO. The van der Waals surface area contributed by atoms with E-state index >= 15 is 0 Å². The molecule has 13 heavy (non-hydrogen) atoms. The van der Waals surface area contributed by atoms with Gasteiger partial charge in [0.1, 0.15) is 0 Å². The smallest absolute Gasteiger partial charge is 0.0298 e. The number of oxime groups is 1. The Labute approximate surface area is 80.0 Å². The van der Waals surface area contributed by atoms with Gasteiger partial charge in [0, 0.05) is 6.72 Å². The minimum Gasteiger partial charge on any atom is -0.411 e. The fourth-order valence-corrected chi connectivity index (χ4v) is 3.98. The lowest BCUT2D eigenvalue weighted by atomic mass is 9.56. The van der Waals surface area contributed by atoms with Crippen LogP contribution in [-0.4, -0.2) is 11.9 Å². The Morgan fingerprint density at radius 1 is 0.769 bits per heavy atom. The highest BCUT2D eigenvalue weighted by Crippen LogP contribution is 2.53. The third kappa shape index (κ3) is 1.87. The van der Waals surface area contributed by atoms with Crippen molar-refractivity contribution in [2.24, 2.45) is 28.8 Å². The maximum Gasteiger partial charge on any atom is 0.0298 e. The first kappa shape index (κ1) is 9.04. The highest BCUT2D eigenvalue weighted by atomic mass is 16.4. The molecule has 0 spiro atoms. The summed E-state index contributed by atoms with van der Waals surface area (Å²) in [5.74, 6) is 4.71. The summed E-state index contributed by atoms with van der Waals surface area (Å²) in [4.78, 5) is 0. The lowest BCUT2D eigenvalue weighted by molar-refractivity contribution is 0.0198. The van der Waals surface area contributed by atoms with E-state index in [2.05, 4.69) is 11.9 Å². The van der Waals surface area contributed by atoms with E-state index in [1.807, 2.05) is 0 Å². The summed E-state index contributed by atoms with van der Waals surface area (Å²) >= 11 is 0. The molecule has 2 heteroatoms. The van der Waals surface area contributed by atoms with Crippen molar-refractivity contribution in [1.29, 1.82) is 0 Å². The lowest BCUT2D eigenvalue weighted by Gasteiger charge is -2.49. The molecule has 0 aromatic rings. The molecule has 0 aromatic carbocycles. The van der Waals surface area contributed by atoms with Crippen LogP contribution in [-0.2, 0) is 0 Å². The predicted octanol–water partition coefficient (Wildman–Crippen LogP) is 2.91. The van der Waals surface area contributed by atoms with Gasteiger partial charge in [0.05, 0.1) is 0 Å². The topological polar surface area (TPSA) is 32.6 Å². The molecule has 0 aromatic heterocycles. The van der Waals surface area contributed by atoms with Crippen LogP contribution in [0.15, 0.2) is 5.16 Å². The molecule has 0 saturated heterocycles. The van der Waals surface area contributed by atoms with E-state index in [1.165, 1.54) is 23.7 Å². The van der Waals surface area contributed by atoms with Crippen LogP contribution in [0.1, 0.15) is 38.5 Å². The van der Waals surface area contributed by atoms with Crippen molar-refractivity contribution in [3.63, 3.8) is 0 Å². The van der Waals surface area contributed by atoms with Crippen molar-refractivity contribution in [1.82, 2.24) is 0 Å². The Kier molecular flexibility index (Phi) is 2.56. The van der Waals surface area contributed by atoms with E-state index in [0.29, 0.717) is 0 Å². The zero-order valence-electron chi connectivity index (χ0n) is 8.15. The molecule has 4 saturated carbocycles. The minimum absolute atomic E-state index is 1.18. The van der Waals surface area contributed by atoms with Gasteiger partial charge >= 0.3 is 0 Å². The van der Waals surface area contributed by atoms with Crippen LogP contribution in [0.5, 0.6) is 0 Å². The number of hydrogen-bond acceptors (Lipinski definition) is 2. The van der Waals surface area contributed by atoms with E-state index in [9.17, 15) is 0 Å². The third-order valence-electron chi connectivity index (χ3n) is 4.00. The molecule has 2 nitrogen and oxygen atoms in total. The molecule has 0 unspecified atom stereocenters. The number of hydrogen-bond donors (Lipinski definition) is 1. The van der Waals surface area contributed by atoms with Crippen LogP contribution in [0, 0.1) is 23.7 Å². The Bertz CT molecular complexity index is 134. The third-order valence-corrected chi connectivity index (χ3v) is 4.00. The van der Waals surface area contributed by atoms with Gasteiger partial charge in [0.2, 0.25) is 0 Å². The molecular weight excluding hydrogens is 162 g/mol. The fraction of sp³-hybridized carbons (Fsp3) is 0.909. The summed E-state index contributed by atoms with van der Waals surface area (Å²) < 4.78 is 0. The summed E-state index contributed by atoms with van der Waals surface area (Å²) in [6.45, 7) is 2.67. The normalized spacial score (nSPS) is 45.2. The first-order valence-electron chi connectivity index (χ1n) is 5.42. The van der Waals surface area contributed by atoms with Crippen LogP contribution >= 0.6 is 0 Å². The summed E-state index contributed by atoms with van der Waals surface area (Å²) in [7, 11) is 0. The fourth-order valence-electron chi connectivity index (χ4n) is 3.98. The first-order chi connectivity index (χ1) is 6.31. The first-order valence-corrected chi connectivity index (χ1v) is 5.42. The zero-order valence-corrected chi connectivity index (χ0v) is 8.15. The molecule has 4 aliphatic carbocycles. The van der Waals surface area contributed by atoms with Gasteiger partial charge in [0.15, 0.2) is 0 Å². The van der Waals surface area contributed by atoms with Gasteiger partial charge in [-0.25, -0.2) is 0 Å². The summed E-state index contributed by atoms with van der Waals surface area (Å²) in [5, 5.41) is 9.33. The molecule has 4 rings (SSSR count). The van der Waals surface area contributed by atoms with Crippen LogP contribution in [0.2, 0.25) is 0 Å². The van der Waals surface area contributed by atoms with Crippen molar-refractivity contribution in [2.75, 3.05) is 0 Å². The van der Waals surface area contributed by atoms with Gasteiger partial charge in [0.25, 0.3) is 0 Å². The molecule has 74 valence electrons. The van der Waals surface area contributed by atoms with E-state index in [1.54, 1.807) is 38.5 Å². The second-order valence-electron chi connectivity index (χ2n) is 5.02. The Hall–Kier alpha value is -0.530. The predicted molar refractivity (Wildman–Crippen MR) is 53.0 cm³/mol. The van der Waals surface area contributed by atoms with Crippen molar-refractivity contribution in [3.8, 4) is 0 Å². The maximum absolute atomic E-state index is 7.08. The molecule has 4 fully saturated rings. The molecule has 1 N–H and O–H groups in total. The number of nitrogens with zero attached hydrogens (tertiary/aromatic N) is 1. The summed E-state index contributed by atoms with van der Waals surface area (Å²) in [6, 6.07) is 0. The average Bonchev–Trinajstić information content (AvgIpc) is 2.01. The van der Waals surface area contributed by atoms with Crippen LogP contribution < -0.4 is 0 Å². The average molecular weight is 181 g/mol. The van der Waals surface area contributed by atoms with E-state index in [0.717, 1.165) is 0 Å². The van der Waals surface area contributed by atoms with Crippen molar-refractivity contribution in [3.05, 3.63) is 0 Å². The molecule has 0 atom stereocenters. The molecule has 4 aliphatic rings. The van der Waals surface area contributed by atoms with Crippen molar-refractivity contribution >= 4 is 6.72 Å². The van der Waals surface area contributed by atoms with Crippen LogP contribution in [0.4, 0.5) is 0 Å². The molecule has 0 aliphatic heterocycles. The van der Waals surface area contributed by atoms with Gasteiger partial charge < -0.3 is 5.21 Å². The largest absolute Gasteiger partial charge is 0.411 e. The zero-order chi connectivity index (χ0) is 9.26. The van der Waals surface area contributed by atoms with Crippen LogP contribution in [0.25, 0.3) is 0 Å². The SMILES string of the molecule is C1C2CC3CC1CC(C2)C3.C=NO. The Balaban J connectivity index is 0.000000196. The van der Waals surface area contributed by atoms with Gasteiger partial charge in [-0.05, 0) is 62.2 Å². The molecule has 0 amide bonds. The second kappa shape index (κ2) is 3.69. The van der Waals surface area contributed by atoms with E-state index < -0.39 is 0 Å². The molecule has 0 radical (unpaired) electrons. The summed E-state index contributed by atoms with van der Waals surface area (Å²) in [6.07, 6.45) is 9.62. The quantitative estimate of drug-likeness (QED) is 0.348. The number of rotatable bonds is 0. The van der Waals surface area contributed by atoms with Crippen molar-refractivity contribution < 1.29 is 5.21 Å². The molecule has 0 heterocycles. The van der Waals surface area contributed by atoms with Gasteiger partial charge in [-0.15, -0.1) is 5.16 Å². The van der Waals surface area contributed by atoms with Crippen molar-refractivity contribution in [2.45, 2.75) is 38.5 Å². The van der Waals surface area contributed by atoms with Gasteiger partial charge in [-0.1, -0.05) is 0 Å². The van der Waals surface area contributed by atoms with Crippen LogP contribution in [0.3, 0.4) is 0 Å². The molecule has 4 bridgehead atoms. The Morgan fingerprint density at radius 2 is 0.923 bits per heavy atom. The Morgan fingerprint density at radius 3 is 1.08 bits per heavy atom. The maximum atomic E-state index is 7.08. The van der Waals surface area contributed by atoms with E-state index in [4.69, 9.17) is 5.21 Å². The lowest BCUT2D eigenvalue weighted by Crippen LogP contribution is -2.38. The summed E-state index contributed by atoms with van der Waals surface area (Å²) in [5.41, 5.74) is 0. The minimum atomic E-state index is 1.18. The monoisotopic (exact) mass is 181 g/mol. The highest BCUT2D eigenvalue weighted by molar-refractivity contribution is 5.20. The van der Waals surface area contributed by atoms with Gasteiger partial charge in [-0.2, -0.15) is 0 Å². The highest BCUT2D eigenvalue weighted by Gasteiger charge is 2.41. The standard InChI is InChI=1S/C10H16.CH3NO/c1-7-2-9-4-8(1)5-10(3-7)6-9;1-2-3/h7-10H,1-6H2;3H,1H2. The van der Waals surface area contributed by atoms with Gasteiger partial charge in [-0.3, -0.25) is 0 Å². The van der Waals surface area contributed by atoms with E-state index in [-0.39, 0.29) is 0 Å².